The van der Waals surface area contributed by atoms with Gasteiger partial charge in [-0.05, 0) is 37.1 Å². The zero-order valence-electron chi connectivity index (χ0n) is 17.3. The van der Waals surface area contributed by atoms with Gasteiger partial charge in [-0.15, -0.1) is 0 Å². The van der Waals surface area contributed by atoms with Gasteiger partial charge in [0.2, 0.25) is 0 Å². The minimum atomic E-state index is -1.46. The highest BCUT2D eigenvalue weighted by Crippen LogP contribution is 2.22. The molecule has 1 amide bonds. The van der Waals surface area contributed by atoms with E-state index in [9.17, 15) is 18.0 Å². The number of amides is 1. The van der Waals surface area contributed by atoms with Crippen LogP contribution in [0.2, 0.25) is 0 Å². The Balaban J connectivity index is 2.00. The van der Waals surface area contributed by atoms with Crippen molar-refractivity contribution in [3.8, 4) is 0 Å². The Bertz CT molecular complexity index is 1030. The Morgan fingerprint density at radius 2 is 1.70 bits per heavy atom. The first kappa shape index (κ1) is 21.9. The highest BCUT2D eigenvalue weighted by molar-refractivity contribution is 5.94. The molecule has 7 heteroatoms. The lowest BCUT2D eigenvalue weighted by Gasteiger charge is -2.23. The molecule has 0 radical (unpaired) electrons. The Labute approximate surface area is 174 Å². The number of imidazole rings is 1. The molecule has 160 valence electrons. The maximum Gasteiger partial charge on any atom is 0.260 e. The third-order valence-electron chi connectivity index (χ3n) is 5.13. The van der Waals surface area contributed by atoms with Crippen LogP contribution in [0.5, 0.6) is 0 Å². The zero-order valence-corrected chi connectivity index (χ0v) is 17.3. The van der Waals surface area contributed by atoms with E-state index in [2.05, 4.69) is 11.9 Å². The maximum absolute atomic E-state index is 14.3. The van der Waals surface area contributed by atoms with Crippen molar-refractivity contribution >= 4 is 16.9 Å². The van der Waals surface area contributed by atoms with Crippen LogP contribution in [0.3, 0.4) is 0 Å². The van der Waals surface area contributed by atoms with Gasteiger partial charge in [-0.2, -0.15) is 0 Å². The lowest BCUT2D eigenvalue weighted by atomic mass is 10.1. The summed E-state index contributed by atoms with van der Waals surface area (Å²) in [6.45, 7) is 5.16. The predicted octanol–water partition coefficient (Wildman–Crippen LogP) is 5.70. The summed E-state index contributed by atoms with van der Waals surface area (Å²) in [5.74, 6) is -4.00. The molecule has 1 aromatic heterocycles. The summed E-state index contributed by atoms with van der Waals surface area (Å²) in [4.78, 5) is 19.0. The molecular formula is C23H26F3N3O. The monoisotopic (exact) mass is 417 g/mol. The van der Waals surface area contributed by atoms with Crippen LogP contribution in [0, 0.1) is 17.5 Å². The fourth-order valence-electron chi connectivity index (χ4n) is 3.47. The molecular weight excluding hydrogens is 391 g/mol. The van der Waals surface area contributed by atoms with Gasteiger partial charge in [0.15, 0.2) is 11.6 Å². The van der Waals surface area contributed by atoms with E-state index in [1.54, 1.807) is 0 Å². The summed E-state index contributed by atoms with van der Waals surface area (Å²) in [6, 6.07) is 9.13. The van der Waals surface area contributed by atoms with Crippen LogP contribution < -0.4 is 0 Å². The predicted molar refractivity (Wildman–Crippen MR) is 111 cm³/mol. The molecule has 0 atom stereocenters. The number of carbonyl (C=O) groups is 1. The van der Waals surface area contributed by atoms with Gasteiger partial charge in [0.05, 0.1) is 17.6 Å². The van der Waals surface area contributed by atoms with Gasteiger partial charge in [-0.1, -0.05) is 38.8 Å². The number of halogens is 3. The standard InChI is InChI=1S/C23H26F3N3O/c1-3-5-13-28(23(30)21-16(24)11-12-17(25)22(21)26)15-20-27-18-9-7-8-10-19(18)29(20)14-6-4-2/h7-12H,3-6,13-15H2,1-2H3. The summed E-state index contributed by atoms with van der Waals surface area (Å²) >= 11 is 0. The minimum absolute atomic E-state index is 0.0899. The van der Waals surface area contributed by atoms with Crippen molar-refractivity contribution in [3.05, 3.63) is 65.2 Å². The first-order chi connectivity index (χ1) is 14.5. The van der Waals surface area contributed by atoms with Gasteiger partial charge in [-0.25, -0.2) is 18.2 Å². The zero-order chi connectivity index (χ0) is 21.7. The van der Waals surface area contributed by atoms with Crippen molar-refractivity contribution in [1.82, 2.24) is 14.5 Å². The van der Waals surface area contributed by atoms with Gasteiger partial charge >= 0.3 is 0 Å². The number of unbranched alkanes of at least 4 members (excludes halogenated alkanes) is 2. The highest BCUT2D eigenvalue weighted by Gasteiger charge is 2.27. The van der Waals surface area contributed by atoms with Gasteiger partial charge in [-0.3, -0.25) is 4.79 Å². The number of fused-ring (bicyclic) bond motifs is 1. The second kappa shape index (κ2) is 9.78. The van der Waals surface area contributed by atoms with Crippen LogP contribution in [0.25, 0.3) is 11.0 Å². The lowest BCUT2D eigenvalue weighted by Crippen LogP contribution is -2.34. The van der Waals surface area contributed by atoms with Crippen LogP contribution in [-0.2, 0) is 13.1 Å². The largest absolute Gasteiger partial charge is 0.331 e. The quantitative estimate of drug-likeness (QED) is 0.419. The Hall–Kier alpha value is -2.83. The molecule has 30 heavy (non-hydrogen) atoms. The number of hydrogen-bond donors (Lipinski definition) is 0. The smallest absolute Gasteiger partial charge is 0.260 e. The second-order valence-electron chi connectivity index (χ2n) is 7.32. The Morgan fingerprint density at radius 1 is 1.00 bits per heavy atom. The number of benzene rings is 2. The van der Waals surface area contributed by atoms with Crippen molar-refractivity contribution in [1.29, 1.82) is 0 Å². The van der Waals surface area contributed by atoms with Crippen LogP contribution >= 0.6 is 0 Å². The molecule has 3 rings (SSSR count). The number of aryl methyl sites for hydroxylation is 1. The minimum Gasteiger partial charge on any atom is -0.331 e. The lowest BCUT2D eigenvalue weighted by molar-refractivity contribution is 0.0723. The molecule has 0 bridgehead atoms. The third-order valence-corrected chi connectivity index (χ3v) is 5.13. The van der Waals surface area contributed by atoms with E-state index in [1.807, 2.05) is 35.8 Å². The molecule has 0 fully saturated rings. The van der Waals surface area contributed by atoms with Gasteiger partial charge in [0.1, 0.15) is 17.2 Å². The molecule has 2 aromatic carbocycles. The van der Waals surface area contributed by atoms with Crippen molar-refractivity contribution in [3.63, 3.8) is 0 Å². The maximum atomic E-state index is 14.3. The Morgan fingerprint density at radius 3 is 2.43 bits per heavy atom. The second-order valence-corrected chi connectivity index (χ2v) is 7.32. The molecule has 0 aliphatic rings. The molecule has 0 N–H and O–H groups in total. The normalized spacial score (nSPS) is 11.2. The molecule has 3 aromatic rings. The number of para-hydroxylation sites is 2. The highest BCUT2D eigenvalue weighted by atomic mass is 19.2. The number of hydrogen-bond acceptors (Lipinski definition) is 2. The fourth-order valence-corrected chi connectivity index (χ4v) is 3.47. The summed E-state index contributed by atoms with van der Waals surface area (Å²) < 4.78 is 44.2. The molecule has 0 saturated heterocycles. The van der Waals surface area contributed by atoms with Crippen molar-refractivity contribution in [2.75, 3.05) is 6.54 Å². The molecule has 0 aliphatic heterocycles. The molecule has 1 heterocycles. The van der Waals surface area contributed by atoms with Gasteiger partial charge in [0.25, 0.3) is 5.91 Å². The summed E-state index contributed by atoms with van der Waals surface area (Å²) in [6.07, 6.45) is 3.37. The van der Waals surface area contributed by atoms with Gasteiger partial charge in [0, 0.05) is 13.1 Å². The van der Waals surface area contributed by atoms with Gasteiger partial charge < -0.3 is 9.47 Å². The average molecular weight is 417 g/mol. The molecule has 0 aliphatic carbocycles. The number of nitrogens with zero attached hydrogens (tertiary/aromatic N) is 3. The summed E-state index contributed by atoms with van der Waals surface area (Å²) in [7, 11) is 0. The van der Waals surface area contributed by atoms with E-state index >= 15 is 0 Å². The SMILES string of the molecule is CCCCN(Cc1nc2ccccc2n1CCCC)C(=O)c1c(F)ccc(F)c1F. The Kier molecular flexibility index (Phi) is 7.13. The summed E-state index contributed by atoms with van der Waals surface area (Å²) in [5.41, 5.74) is 0.892. The molecule has 0 saturated carbocycles. The van der Waals surface area contributed by atoms with E-state index in [0.717, 1.165) is 42.9 Å². The van der Waals surface area contributed by atoms with Crippen LogP contribution in [-0.4, -0.2) is 26.9 Å². The topological polar surface area (TPSA) is 38.1 Å². The molecule has 0 unspecified atom stereocenters. The number of carbonyl (C=O) groups excluding carboxylic acids is 1. The number of aromatic nitrogens is 2. The van der Waals surface area contributed by atoms with Crippen molar-refractivity contribution in [2.45, 2.75) is 52.6 Å². The average Bonchev–Trinajstić information content (AvgIpc) is 3.09. The first-order valence-electron chi connectivity index (χ1n) is 10.3. The third kappa shape index (κ3) is 4.50. The van der Waals surface area contributed by atoms with E-state index in [0.29, 0.717) is 24.9 Å². The van der Waals surface area contributed by atoms with Crippen LogP contribution in [0.15, 0.2) is 36.4 Å². The molecule has 4 nitrogen and oxygen atoms in total. The van der Waals surface area contributed by atoms with E-state index in [-0.39, 0.29) is 6.54 Å². The fraction of sp³-hybridized carbons (Fsp3) is 0.391. The summed E-state index contributed by atoms with van der Waals surface area (Å²) in [5, 5.41) is 0. The first-order valence-corrected chi connectivity index (χ1v) is 10.3. The van der Waals surface area contributed by atoms with E-state index in [4.69, 9.17) is 0 Å². The van der Waals surface area contributed by atoms with Crippen molar-refractivity contribution < 1.29 is 18.0 Å². The van der Waals surface area contributed by atoms with Crippen LogP contribution in [0.4, 0.5) is 13.2 Å². The van der Waals surface area contributed by atoms with E-state index in [1.165, 1.54) is 4.90 Å². The number of rotatable bonds is 9. The molecule has 0 spiro atoms. The van der Waals surface area contributed by atoms with Crippen molar-refractivity contribution in [2.24, 2.45) is 0 Å². The van der Waals surface area contributed by atoms with Crippen LogP contribution in [0.1, 0.15) is 55.7 Å². The van der Waals surface area contributed by atoms with E-state index < -0.39 is 28.9 Å².